The molecule has 2 aromatic carbocycles. The first kappa shape index (κ1) is 18.3. The number of ether oxygens (including phenoxy) is 1. The third-order valence-corrected chi connectivity index (χ3v) is 5.34. The van der Waals surface area contributed by atoms with Crippen LogP contribution < -0.4 is 9.64 Å². The molecule has 0 aliphatic carbocycles. The van der Waals surface area contributed by atoms with E-state index in [1.165, 1.54) is 6.20 Å². The van der Waals surface area contributed by atoms with Gasteiger partial charge in [-0.15, -0.1) is 0 Å². The third kappa shape index (κ3) is 2.52. The summed E-state index contributed by atoms with van der Waals surface area (Å²) in [4.78, 5) is 32.0. The van der Waals surface area contributed by atoms with Gasteiger partial charge >= 0.3 is 0 Å². The van der Waals surface area contributed by atoms with E-state index in [-0.39, 0.29) is 5.56 Å². The van der Waals surface area contributed by atoms with Crippen LogP contribution in [0.1, 0.15) is 26.4 Å². The molecule has 7 nitrogen and oxygen atoms in total. The molecular weight excluding hydrogens is 404 g/mol. The molecule has 4 aromatic rings. The average molecular weight is 419 g/mol. The number of imide groups is 1. The zero-order valence-corrected chi connectivity index (χ0v) is 16.8. The molecule has 2 amide bonds. The minimum Gasteiger partial charge on any atom is -0.494 e. The van der Waals surface area contributed by atoms with E-state index in [1.807, 2.05) is 24.3 Å². The van der Waals surface area contributed by atoms with Crippen molar-refractivity contribution in [3.8, 4) is 11.4 Å². The number of halogens is 1. The zero-order valence-electron chi connectivity index (χ0n) is 16.1. The molecule has 0 unspecified atom stereocenters. The number of carbonyl (C=O) groups excluding carboxylic acids is 2. The van der Waals surface area contributed by atoms with Gasteiger partial charge in [0.1, 0.15) is 11.4 Å². The van der Waals surface area contributed by atoms with Gasteiger partial charge in [0.2, 0.25) is 0 Å². The molecule has 1 aliphatic rings. The highest BCUT2D eigenvalue weighted by atomic mass is 35.5. The minimum absolute atomic E-state index is 0.246. The highest BCUT2D eigenvalue weighted by Gasteiger charge is 2.40. The van der Waals surface area contributed by atoms with Crippen LogP contribution >= 0.6 is 11.6 Å². The number of rotatable bonds is 3. The minimum atomic E-state index is -0.434. The highest BCUT2D eigenvalue weighted by Crippen LogP contribution is 2.36. The van der Waals surface area contributed by atoms with Crippen molar-refractivity contribution in [2.75, 3.05) is 12.0 Å². The first-order chi connectivity index (χ1) is 14.5. The molecule has 0 radical (unpaired) electrons. The van der Waals surface area contributed by atoms with E-state index >= 15 is 0 Å². The van der Waals surface area contributed by atoms with Gasteiger partial charge < -0.3 is 4.74 Å². The number of aromatic nitrogens is 3. The Hall–Kier alpha value is -3.71. The highest BCUT2D eigenvalue weighted by molar-refractivity contribution is 6.38. The van der Waals surface area contributed by atoms with E-state index in [1.54, 1.807) is 43.0 Å². The summed E-state index contributed by atoms with van der Waals surface area (Å²) in [6, 6.07) is 14.0. The Kier molecular flexibility index (Phi) is 4.08. The fraction of sp³-hybridized carbons (Fsp3) is 0.0909. The second-order valence-electron chi connectivity index (χ2n) is 6.84. The molecule has 0 bridgehead atoms. The molecule has 0 fully saturated rings. The molecule has 148 valence electrons. The molecule has 5 rings (SSSR count). The second kappa shape index (κ2) is 6.67. The summed E-state index contributed by atoms with van der Waals surface area (Å²) in [5.74, 6) is -0.240. The Morgan fingerprint density at radius 3 is 2.60 bits per heavy atom. The molecule has 2 aromatic heterocycles. The maximum absolute atomic E-state index is 13.3. The van der Waals surface area contributed by atoms with Crippen LogP contribution in [0.5, 0.6) is 5.75 Å². The van der Waals surface area contributed by atoms with Crippen molar-refractivity contribution in [1.82, 2.24) is 14.8 Å². The Morgan fingerprint density at radius 1 is 1.03 bits per heavy atom. The number of anilines is 1. The number of pyridine rings is 1. The molecule has 3 heterocycles. The average Bonchev–Trinajstić information content (AvgIpc) is 3.22. The lowest BCUT2D eigenvalue weighted by Gasteiger charge is -2.13. The first-order valence-corrected chi connectivity index (χ1v) is 9.55. The van der Waals surface area contributed by atoms with Crippen LogP contribution in [0.3, 0.4) is 0 Å². The summed E-state index contributed by atoms with van der Waals surface area (Å²) < 4.78 is 7.07. The number of hydrogen-bond acceptors (Lipinski definition) is 5. The van der Waals surface area contributed by atoms with Gasteiger partial charge in [-0.2, -0.15) is 5.10 Å². The molecule has 0 N–H and O–H groups in total. The second-order valence-corrected chi connectivity index (χ2v) is 7.28. The molecule has 0 saturated heterocycles. The first-order valence-electron chi connectivity index (χ1n) is 9.17. The number of hydrogen-bond donors (Lipinski definition) is 0. The predicted molar refractivity (Wildman–Crippen MR) is 113 cm³/mol. The van der Waals surface area contributed by atoms with Crippen molar-refractivity contribution >= 4 is 40.1 Å². The van der Waals surface area contributed by atoms with Crippen LogP contribution in [-0.2, 0) is 0 Å². The fourth-order valence-corrected chi connectivity index (χ4v) is 3.97. The van der Waals surface area contributed by atoms with E-state index in [0.717, 1.165) is 4.90 Å². The third-order valence-electron chi connectivity index (χ3n) is 5.10. The summed E-state index contributed by atoms with van der Waals surface area (Å²) in [5.41, 5.74) is 2.71. The largest absolute Gasteiger partial charge is 0.494 e. The van der Waals surface area contributed by atoms with Gasteiger partial charge in [0.05, 0.1) is 35.0 Å². The number of amides is 2. The van der Waals surface area contributed by atoms with Gasteiger partial charge in [-0.3, -0.25) is 9.59 Å². The molecule has 0 spiro atoms. The topological polar surface area (TPSA) is 77.3 Å². The molecular formula is C22H15ClN4O3. The molecule has 30 heavy (non-hydrogen) atoms. The van der Waals surface area contributed by atoms with Crippen molar-refractivity contribution in [1.29, 1.82) is 0 Å². The number of carbonyl (C=O) groups is 2. The van der Waals surface area contributed by atoms with Crippen LogP contribution in [0.15, 0.2) is 54.7 Å². The van der Waals surface area contributed by atoms with Crippen LogP contribution in [-0.4, -0.2) is 33.7 Å². The van der Waals surface area contributed by atoms with Crippen LogP contribution in [0.2, 0.25) is 5.02 Å². The van der Waals surface area contributed by atoms with Crippen LogP contribution in [0.25, 0.3) is 16.7 Å². The number of para-hydroxylation sites is 2. The number of aryl methyl sites for hydroxylation is 1. The molecule has 0 atom stereocenters. The fourth-order valence-electron chi connectivity index (χ4n) is 3.78. The monoisotopic (exact) mass is 418 g/mol. The molecule has 8 heteroatoms. The van der Waals surface area contributed by atoms with Gasteiger partial charge in [-0.05, 0) is 37.3 Å². The smallest absolute Gasteiger partial charge is 0.267 e. The molecule has 0 saturated carbocycles. The normalized spacial score (nSPS) is 13.2. The summed E-state index contributed by atoms with van der Waals surface area (Å²) in [6.07, 6.45) is 1.43. The number of benzene rings is 2. The number of fused-ring (bicyclic) bond motifs is 3. The van der Waals surface area contributed by atoms with Gasteiger partial charge in [0.15, 0.2) is 5.65 Å². The number of methoxy groups -OCH3 is 1. The Labute approximate surface area is 176 Å². The standard InChI is InChI=1S/C22H15ClN4O3/c1-12-18-19-15(21(28)26(22(19)29)14-7-5-6-13(23)10-14)11-24-20(18)27(25-12)16-8-3-4-9-17(16)30-2/h3-11H,1-2H3. The van der Waals surface area contributed by atoms with E-state index in [0.29, 0.717) is 44.4 Å². The summed E-state index contributed by atoms with van der Waals surface area (Å²) in [5, 5.41) is 5.57. The lowest BCUT2D eigenvalue weighted by molar-refractivity contribution is 0.0926. The van der Waals surface area contributed by atoms with Crippen LogP contribution in [0, 0.1) is 6.92 Å². The van der Waals surface area contributed by atoms with Gasteiger partial charge in [-0.1, -0.05) is 29.8 Å². The zero-order chi connectivity index (χ0) is 21.0. The van der Waals surface area contributed by atoms with Gasteiger partial charge in [0, 0.05) is 11.2 Å². The lowest BCUT2D eigenvalue weighted by Crippen LogP contribution is -2.29. The Morgan fingerprint density at radius 2 is 1.83 bits per heavy atom. The number of nitrogens with zero attached hydrogens (tertiary/aromatic N) is 4. The van der Waals surface area contributed by atoms with E-state index in [2.05, 4.69) is 10.1 Å². The Bertz CT molecular complexity index is 1360. The van der Waals surface area contributed by atoms with Gasteiger partial charge in [0.25, 0.3) is 11.8 Å². The SMILES string of the molecule is COc1ccccc1-n1nc(C)c2c3c(cnc21)C(=O)N(c1cccc(Cl)c1)C3=O. The van der Waals surface area contributed by atoms with Crippen molar-refractivity contribution in [3.05, 3.63) is 76.6 Å². The van der Waals surface area contributed by atoms with E-state index in [9.17, 15) is 9.59 Å². The summed E-state index contributed by atoms with van der Waals surface area (Å²) in [6.45, 7) is 1.79. The quantitative estimate of drug-likeness (QED) is 0.466. The maximum atomic E-state index is 13.3. The predicted octanol–water partition coefficient (Wildman–Crippen LogP) is 4.19. The summed E-state index contributed by atoms with van der Waals surface area (Å²) >= 11 is 6.06. The van der Waals surface area contributed by atoms with E-state index in [4.69, 9.17) is 16.3 Å². The van der Waals surface area contributed by atoms with Crippen molar-refractivity contribution in [2.45, 2.75) is 6.92 Å². The van der Waals surface area contributed by atoms with Crippen LogP contribution in [0.4, 0.5) is 5.69 Å². The maximum Gasteiger partial charge on any atom is 0.267 e. The lowest BCUT2D eigenvalue weighted by atomic mass is 10.1. The molecule has 1 aliphatic heterocycles. The van der Waals surface area contributed by atoms with E-state index < -0.39 is 11.8 Å². The van der Waals surface area contributed by atoms with Crippen molar-refractivity contribution < 1.29 is 14.3 Å². The van der Waals surface area contributed by atoms with Gasteiger partial charge in [-0.25, -0.2) is 14.6 Å². The summed E-state index contributed by atoms with van der Waals surface area (Å²) in [7, 11) is 1.58. The van der Waals surface area contributed by atoms with Crippen molar-refractivity contribution in [3.63, 3.8) is 0 Å². The van der Waals surface area contributed by atoms with Crippen molar-refractivity contribution in [2.24, 2.45) is 0 Å². The Balaban J connectivity index is 1.73.